The van der Waals surface area contributed by atoms with Gasteiger partial charge in [-0.15, -0.1) is 0 Å². The first-order valence-electron chi connectivity index (χ1n) is 5.73. The van der Waals surface area contributed by atoms with Crippen molar-refractivity contribution in [2.75, 3.05) is 38.0 Å². The van der Waals surface area contributed by atoms with Gasteiger partial charge in [0, 0.05) is 31.9 Å². The second-order valence-corrected chi connectivity index (χ2v) is 3.99. The van der Waals surface area contributed by atoms with Crippen LogP contribution in [0.15, 0.2) is 24.3 Å². The van der Waals surface area contributed by atoms with Gasteiger partial charge in [-0.25, -0.2) is 4.39 Å². The fourth-order valence-electron chi connectivity index (χ4n) is 1.80. The van der Waals surface area contributed by atoms with Crippen molar-refractivity contribution >= 4 is 11.6 Å². The number of carbonyl (C=O) groups is 1. The summed E-state index contributed by atoms with van der Waals surface area (Å²) in [6, 6.07) is 6.12. The van der Waals surface area contributed by atoms with Crippen LogP contribution in [-0.4, -0.2) is 43.5 Å². The Labute approximate surface area is 99.8 Å². The molecule has 2 N–H and O–H groups in total. The molecule has 0 saturated carbocycles. The van der Waals surface area contributed by atoms with E-state index in [1.54, 1.807) is 12.1 Å². The molecule has 2 rings (SSSR count). The van der Waals surface area contributed by atoms with E-state index in [0.717, 1.165) is 26.2 Å². The zero-order chi connectivity index (χ0) is 12.1. The maximum absolute atomic E-state index is 12.9. The van der Waals surface area contributed by atoms with Gasteiger partial charge in [0.1, 0.15) is 5.82 Å². The van der Waals surface area contributed by atoms with Gasteiger partial charge in [0.25, 0.3) is 0 Å². The van der Waals surface area contributed by atoms with E-state index in [2.05, 4.69) is 10.6 Å². The second kappa shape index (κ2) is 5.63. The normalized spacial score (nSPS) is 15.7. The first-order valence-corrected chi connectivity index (χ1v) is 5.73. The number of nitrogens with one attached hydrogen (secondary N) is 2. The Morgan fingerprint density at radius 3 is 2.88 bits per heavy atom. The van der Waals surface area contributed by atoms with E-state index in [-0.39, 0.29) is 18.3 Å². The van der Waals surface area contributed by atoms with E-state index in [4.69, 9.17) is 0 Å². The van der Waals surface area contributed by atoms with E-state index in [0.29, 0.717) is 5.69 Å². The van der Waals surface area contributed by atoms with Crippen LogP contribution in [0, 0.1) is 5.82 Å². The predicted molar refractivity (Wildman–Crippen MR) is 64.3 cm³/mol. The zero-order valence-electron chi connectivity index (χ0n) is 9.58. The van der Waals surface area contributed by atoms with Crippen LogP contribution < -0.4 is 10.6 Å². The van der Waals surface area contributed by atoms with Gasteiger partial charge in [0.15, 0.2) is 0 Å². The van der Waals surface area contributed by atoms with Gasteiger partial charge in [-0.2, -0.15) is 0 Å². The van der Waals surface area contributed by atoms with Crippen LogP contribution in [0.1, 0.15) is 0 Å². The Kier molecular flexibility index (Phi) is 3.93. The number of anilines is 1. The second-order valence-electron chi connectivity index (χ2n) is 3.99. The first kappa shape index (κ1) is 11.9. The van der Waals surface area contributed by atoms with E-state index in [1.165, 1.54) is 12.1 Å². The molecular formula is C12H16FN3O. The number of hydrogen-bond acceptors (Lipinski definition) is 3. The van der Waals surface area contributed by atoms with Crippen molar-refractivity contribution in [3.8, 4) is 0 Å². The third kappa shape index (κ3) is 3.42. The smallest absolute Gasteiger partial charge is 0.241 e. The van der Waals surface area contributed by atoms with Gasteiger partial charge in [-0.3, -0.25) is 4.79 Å². The fourth-order valence-corrected chi connectivity index (χ4v) is 1.80. The molecular weight excluding hydrogens is 221 g/mol. The summed E-state index contributed by atoms with van der Waals surface area (Å²) in [7, 11) is 0. The van der Waals surface area contributed by atoms with Crippen molar-refractivity contribution in [1.82, 2.24) is 10.2 Å². The summed E-state index contributed by atoms with van der Waals surface area (Å²) in [5.74, 6) is -0.250. The van der Waals surface area contributed by atoms with Gasteiger partial charge >= 0.3 is 0 Å². The fraction of sp³-hybridized carbons (Fsp3) is 0.417. The molecule has 1 amide bonds. The minimum atomic E-state index is -0.301. The molecule has 4 nitrogen and oxygen atoms in total. The van der Waals surface area contributed by atoms with Crippen molar-refractivity contribution in [3.05, 3.63) is 30.1 Å². The molecule has 0 aliphatic carbocycles. The maximum Gasteiger partial charge on any atom is 0.241 e. The molecule has 1 aliphatic heterocycles. The van der Waals surface area contributed by atoms with E-state index < -0.39 is 0 Å². The molecule has 1 aliphatic rings. The van der Waals surface area contributed by atoms with Crippen LogP contribution in [0.25, 0.3) is 0 Å². The minimum Gasteiger partial charge on any atom is -0.376 e. The number of carbonyl (C=O) groups excluding carboxylic acids is 1. The summed E-state index contributed by atoms with van der Waals surface area (Å²) in [5.41, 5.74) is 0.633. The van der Waals surface area contributed by atoms with E-state index in [1.807, 2.05) is 4.90 Å². The molecule has 0 atom stereocenters. The van der Waals surface area contributed by atoms with Crippen LogP contribution in [0.2, 0.25) is 0 Å². The molecule has 5 heteroatoms. The first-order chi connectivity index (χ1) is 8.25. The summed E-state index contributed by atoms with van der Waals surface area (Å²) in [5, 5.41) is 6.12. The topological polar surface area (TPSA) is 44.4 Å². The summed E-state index contributed by atoms with van der Waals surface area (Å²) in [6.45, 7) is 3.37. The van der Waals surface area contributed by atoms with Gasteiger partial charge in [0.2, 0.25) is 5.91 Å². The molecule has 17 heavy (non-hydrogen) atoms. The summed E-state index contributed by atoms with van der Waals surface area (Å²) >= 11 is 0. The highest BCUT2D eigenvalue weighted by Crippen LogP contribution is 2.08. The van der Waals surface area contributed by atoms with Gasteiger partial charge in [-0.05, 0) is 18.2 Å². The molecule has 92 valence electrons. The number of piperazine rings is 1. The lowest BCUT2D eigenvalue weighted by Gasteiger charge is -2.27. The van der Waals surface area contributed by atoms with Gasteiger partial charge in [-0.1, -0.05) is 6.07 Å². The molecule has 0 spiro atoms. The highest BCUT2D eigenvalue weighted by Gasteiger charge is 2.15. The quantitative estimate of drug-likeness (QED) is 0.812. The Morgan fingerprint density at radius 2 is 2.18 bits per heavy atom. The standard InChI is InChI=1S/C12H16FN3O/c13-10-2-1-3-11(8-10)15-9-12(17)16-6-4-14-5-7-16/h1-3,8,14-15H,4-7,9H2. The van der Waals surface area contributed by atoms with E-state index in [9.17, 15) is 9.18 Å². The Hall–Kier alpha value is -1.62. The van der Waals surface area contributed by atoms with Gasteiger partial charge in [0.05, 0.1) is 6.54 Å². The third-order valence-corrected chi connectivity index (χ3v) is 2.74. The number of nitrogens with zero attached hydrogens (tertiary/aromatic N) is 1. The Balaban J connectivity index is 1.83. The lowest BCUT2D eigenvalue weighted by molar-refractivity contribution is -0.129. The van der Waals surface area contributed by atoms with E-state index >= 15 is 0 Å². The monoisotopic (exact) mass is 237 g/mol. The number of rotatable bonds is 3. The molecule has 1 aromatic carbocycles. The highest BCUT2D eigenvalue weighted by molar-refractivity contribution is 5.81. The SMILES string of the molecule is O=C(CNc1cccc(F)c1)N1CCNCC1. The molecule has 0 unspecified atom stereocenters. The average molecular weight is 237 g/mol. The predicted octanol–water partition coefficient (Wildman–Crippen LogP) is 0.669. The zero-order valence-corrected chi connectivity index (χ0v) is 9.58. The summed E-state index contributed by atoms with van der Waals surface area (Å²) in [6.07, 6.45) is 0. The third-order valence-electron chi connectivity index (χ3n) is 2.74. The number of halogens is 1. The number of benzene rings is 1. The Bertz CT molecular complexity index is 391. The maximum atomic E-state index is 12.9. The van der Waals surface area contributed by atoms with Crippen LogP contribution >= 0.6 is 0 Å². The van der Waals surface area contributed by atoms with Crippen molar-refractivity contribution < 1.29 is 9.18 Å². The minimum absolute atomic E-state index is 0.0516. The van der Waals surface area contributed by atoms with Crippen molar-refractivity contribution in [2.24, 2.45) is 0 Å². The van der Waals surface area contributed by atoms with Crippen LogP contribution in [0.3, 0.4) is 0 Å². The summed E-state index contributed by atoms with van der Waals surface area (Å²) < 4.78 is 12.9. The van der Waals surface area contributed by atoms with Crippen molar-refractivity contribution in [1.29, 1.82) is 0 Å². The van der Waals surface area contributed by atoms with Gasteiger partial charge < -0.3 is 15.5 Å². The number of amides is 1. The van der Waals surface area contributed by atoms with Crippen LogP contribution in [0.5, 0.6) is 0 Å². The average Bonchev–Trinajstić information content (AvgIpc) is 2.37. The van der Waals surface area contributed by atoms with Crippen LogP contribution in [-0.2, 0) is 4.79 Å². The van der Waals surface area contributed by atoms with Crippen LogP contribution in [0.4, 0.5) is 10.1 Å². The molecule has 0 bridgehead atoms. The lowest BCUT2D eigenvalue weighted by atomic mass is 10.3. The lowest BCUT2D eigenvalue weighted by Crippen LogP contribution is -2.48. The number of hydrogen-bond donors (Lipinski definition) is 2. The molecule has 0 radical (unpaired) electrons. The molecule has 1 heterocycles. The van der Waals surface area contributed by atoms with Crippen molar-refractivity contribution in [3.63, 3.8) is 0 Å². The highest BCUT2D eigenvalue weighted by atomic mass is 19.1. The summed E-state index contributed by atoms with van der Waals surface area (Å²) in [4.78, 5) is 13.6. The molecule has 1 fully saturated rings. The largest absolute Gasteiger partial charge is 0.376 e. The molecule has 0 aromatic heterocycles. The molecule has 1 aromatic rings. The van der Waals surface area contributed by atoms with Crippen molar-refractivity contribution in [2.45, 2.75) is 0 Å². The Morgan fingerprint density at radius 1 is 1.41 bits per heavy atom. The molecule has 1 saturated heterocycles.